The molecule has 1 atom stereocenters. The Balaban J connectivity index is 1.65. The molecule has 6 nitrogen and oxygen atoms in total. The van der Waals surface area contributed by atoms with Crippen molar-refractivity contribution in [2.24, 2.45) is 5.92 Å². The fourth-order valence-electron chi connectivity index (χ4n) is 2.94. The summed E-state index contributed by atoms with van der Waals surface area (Å²) in [6.45, 7) is 5.43. The average molecular weight is 348 g/mol. The van der Waals surface area contributed by atoms with E-state index in [4.69, 9.17) is 11.6 Å². The number of aromatic nitrogens is 3. The molecule has 1 unspecified atom stereocenters. The second-order valence-electron chi connectivity index (χ2n) is 6.37. The van der Waals surface area contributed by atoms with Crippen LogP contribution in [0.4, 0.5) is 4.79 Å². The number of rotatable bonds is 5. The number of amides is 2. The lowest BCUT2D eigenvalue weighted by molar-refractivity contribution is 0.231. The first-order valence-corrected chi connectivity index (χ1v) is 8.64. The van der Waals surface area contributed by atoms with Crippen LogP contribution in [0.3, 0.4) is 0 Å². The highest BCUT2D eigenvalue weighted by molar-refractivity contribution is 6.31. The van der Waals surface area contributed by atoms with Crippen molar-refractivity contribution >= 4 is 17.6 Å². The van der Waals surface area contributed by atoms with E-state index in [1.165, 1.54) is 0 Å². The Kier molecular flexibility index (Phi) is 5.04. The Morgan fingerprint density at radius 3 is 2.88 bits per heavy atom. The van der Waals surface area contributed by atoms with Gasteiger partial charge in [-0.2, -0.15) is 0 Å². The number of hydrogen-bond acceptors (Lipinski definition) is 3. The topological polar surface area (TPSA) is 71.8 Å². The minimum atomic E-state index is -0.232. The lowest BCUT2D eigenvalue weighted by atomic mass is 10.0. The van der Waals surface area contributed by atoms with Crippen molar-refractivity contribution in [1.82, 2.24) is 25.4 Å². The van der Waals surface area contributed by atoms with Crippen molar-refractivity contribution in [2.45, 2.75) is 45.8 Å². The van der Waals surface area contributed by atoms with Gasteiger partial charge in [-0.3, -0.25) is 0 Å². The van der Waals surface area contributed by atoms with Crippen LogP contribution < -0.4 is 10.6 Å². The Morgan fingerprint density at radius 1 is 1.33 bits per heavy atom. The molecule has 0 saturated carbocycles. The summed E-state index contributed by atoms with van der Waals surface area (Å²) in [6.07, 6.45) is 2.04. The van der Waals surface area contributed by atoms with Crippen LogP contribution in [0.2, 0.25) is 5.02 Å². The summed E-state index contributed by atoms with van der Waals surface area (Å²) in [6, 6.07) is 7.07. The van der Waals surface area contributed by atoms with E-state index >= 15 is 0 Å². The first-order chi connectivity index (χ1) is 11.6. The summed E-state index contributed by atoms with van der Waals surface area (Å²) in [5.74, 6) is 2.06. The van der Waals surface area contributed by atoms with Crippen molar-refractivity contribution < 1.29 is 4.79 Å². The van der Waals surface area contributed by atoms with Crippen molar-refractivity contribution in [3.05, 3.63) is 46.5 Å². The number of aryl methyl sites for hydroxylation is 1. The number of urea groups is 1. The number of carbonyl (C=O) groups excluding carboxylic acids is 1. The number of nitrogens with zero attached hydrogens (tertiary/aromatic N) is 3. The molecule has 0 spiro atoms. The maximum Gasteiger partial charge on any atom is 0.315 e. The molecule has 3 rings (SSSR count). The largest absolute Gasteiger partial charge is 0.334 e. The SMILES string of the molecule is CC(C)C(NC(=O)NCc1ccccc1Cl)c1nnc2n1CCC2. The van der Waals surface area contributed by atoms with Gasteiger partial charge in [0.2, 0.25) is 0 Å². The molecule has 0 fully saturated rings. The maximum atomic E-state index is 12.3. The smallest absolute Gasteiger partial charge is 0.315 e. The quantitative estimate of drug-likeness (QED) is 0.873. The predicted octanol–water partition coefficient (Wildman–Crippen LogP) is 3.07. The van der Waals surface area contributed by atoms with Gasteiger partial charge in [-0.1, -0.05) is 43.6 Å². The van der Waals surface area contributed by atoms with Crippen LogP contribution in [-0.2, 0) is 19.5 Å². The average Bonchev–Trinajstić information content (AvgIpc) is 3.15. The molecule has 2 N–H and O–H groups in total. The second-order valence-corrected chi connectivity index (χ2v) is 6.78. The zero-order valence-corrected chi connectivity index (χ0v) is 14.7. The van der Waals surface area contributed by atoms with Gasteiger partial charge in [0.05, 0.1) is 6.04 Å². The van der Waals surface area contributed by atoms with Crippen LogP contribution in [0.15, 0.2) is 24.3 Å². The summed E-state index contributed by atoms with van der Waals surface area (Å²) >= 11 is 6.12. The van der Waals surface area contributed by atoms with Gasteiger partial charge in [0.1, 0.15) is 5.82 Å². The molecule has 0 bridgehead atoms. The Hall–Kier alpha value is -2.08. The number of fused-ring (bicyclic) bond motifs is 1. The van der Waals surface area contributed by atoms with E-state index in [0.29, 0.717) is 11.6 Å². The van der Waals surface area contributed by atoms with E-state index < -0.39 is 0 Å². The molecule has 1 aliphatic heterocycles. The molecular weight excluding hydrogens is 326 g/mol. The van der Waals surface area contributed by atoms with E-state index in [1.54, 1.807) is 0 Å². The Labute approximate surface area is 146 Å². The van der Waals surface area contributed by atoms with Gasteiger partial charge >= 0.3 is 6.03 Å². The van der Waals surface area contributed by atoms with Gasteiger partial charge in [-0.15, -0.1) is 10.2 Å². The molecule has 7 heteroatoms. The van der Waals surface area contributed by atoms with Crippen molar-refractivity contribution in [2.75, 3.05) is 0 Å². The highest BCUT2D eigenvalue weighted by Crippen LogP contribution is 2.24. The molecule has 2 aromatic rings. The van der Waals surface area contributed by atoms with E-state index in [2.05, 4.69) is 39.2 Å². The first kappa shape index (κ1) is 16.8. The zero-order valence-electron chi connectivity index (χ0n) is 13.9. The normalized spacial score (nSPS) is 14.5. The molecule has 1 aliphatic rings. The van der Waals surface area contributed by atoms with Crippen LogP contribution >= 0.6 is 11.6 Å². The third-order valence-electron chi connectivity index (χ3n) is 4.27. The summed E-state index contributed by atoms with van der Waals surface area (Å²) in [5.41, 5.74) is 0.888. The maximum absolute atomic E-state index is 12.3. The molecule has 1 aromatic heterocycles. The number of hydrogen-bond donors (Lipinski definition) is 2. The van der Waals surface area contributed by atoms with Crippen LogP contribution in [0, 0.1) is 5.92 Å². The molecule has 2 amide bonds. The van der Waals surface area contributed by atoms with Crippen molar-refractivity contribution in [1.29, 1.82) is 0 Å². The standard InChI is InChI=1S/C17H22ClN5O/c1-11(2)15(16-22-21-14-8-5-9-23(14)16)20-17(24)19-10-12-6-3-4-7-13(12)18/h3-4,6-7,11,15H,5,8-10H2,1-2H3,(H2,19,20,24). The van der Waals surface area contributed by atoms with Crippen LogP contribution in [0.1, 0.15) is 43.5 Å². The number of nitrogens with one attached hydrogen (secondary N) is 2. The molecule has 24 heavy (non-hydrogen) atoms. The molecule has 1 aromatic carbocycles. The minimum Gasteiger partial charge on any atom is -0.334 e. The second kappa shape index (κ2) is 7.21. The lowest BCUT2D eigenvalue weighted by Crippen LogP contribution is -2.40. The number of benzene rings is 1. The van der Waals surface area contributed by atoms with Crippen LogP contribution in [-0.4, -0.2) is 20.8 Å². The Morgan fingerprint density at radius 2 is 2.12 bits per heavy atom. The molecule has 2 heterocycles. The molecule has 0 saturated heterocycles. The summed E-state index contributed by atoms with van der Waals surface area (Å²) in [5, 5.41) is 15.1. The predicted molar refractivity (Wildman–Crippen MR) is 92.7 cm³/mol. The van der Waals surface area contributed by atoms with E-state index in [-0.39, 0.29) is 18.0 Å². The number of carbonyl (C=O) groups is 1. The minimum absolute atomic E-state index is 0.171. The van der Waals surface area contributed by atoms with Crippen molar-refractivity contribution in [3.63, 3.8) is 0 Å². The van der Waals surface area contributed by atoms with Gasteiger partial charge < -0.3 is 15.2 Å². The molecule has 0 radical (unpaired) electrons. The third kappa shape index (κ3) is 3.53. The van der Waals surface area contributed by atoms with Gasteiger partial charge in [0.25, 0.3) is 0 Å². The first-order valence-electron chi connectivity index (χ1n) is 8.26. The number of halogens is 1. The van der Waals surface area contributed by atoms with E-state index in [1.807, 2.05) is 24.3 Å². The molecular formula is C17H22ClN5O. The van der Waals surface area contributed by atoms with Gasteiger partial charge in [-0.25, -0.2) is 4.79 Å². The Bertz CT molecular complexity index is 728. The van der Waals surface area contributed by atoms with Gasteiger partial charge in [0.15, 0.2) is 5.82 Å². The highest BCUT2D eigenvalue weighted by atomic mass is 35.5. The molecule has 128 valence electrons. The zero-order chi connectivity index (χ0) is 17.1. The van der Waals surface area contributed by atoms with Gasteiger partial charge in [-0.05, 0) is 24.0 Å². The fraction of sp³-hybridized carbons (Fsp3) is 0.471. The summed E-state index contributed by atoms with van der Waals surface area (Å²) in [7, 11) is 0. The van der Waals surface area contributed by atoms with E-state index in [0.717, 1.165) is 36.6 Å². The highest BCUT2D eigenvalue weighted by Gasteiger charge is 2.27. The third-order valence-corrected chi connectivity index (χ3v) is 4.64. The van der Waals surface area contributed by atoms with Crippen LogP contribution in [0.25, 0.3) is 0 Å². The lowest BCUT2D eigenvalue weighted by Gasteiger charge is -2.22. The fourth-order valence-corrected chi connectivity index (χ4v) is 3.14. The molecule has 0 aliphatic carbocycles. The monoisotopic (exact) mass is 347 g/mol. The summed E-state index contributed by atoms with van der Waals surface area (Å²) < 4.78 is 2.12. The van der Waals surface area contributed by atoms with Crippen molar-refractivity contribution in [3.8, 4) is 0 Å². The summed E-state index contributed by atoms with van der Waals surface area (Å²) in [4.78, 5) is 12.3. The van der Waals surface area contributed by atoms with E-state index in [9.17, 15) is 4.79 Å². The van der Waals surface area contributed by atoms with Gasteiger partial charge in [0, 0.05) is 24.5 Å². The van der Waals surface area contributed by atoms with Crippen LogP contribution in [0.5, 0.6) is 0 Å².